The van der Waals surface area contributed by atoms with Crippen molar-refractivity contribution in [1.82, 2.24) is 0 Å². The summed E-state index contributed by atoms with van der Waals surface area (Å²) in [5, 5.41) is 20.4. The van der Waals surface area contributed by atoms with Crippen molar-refractivity contribution in [2.24, 2.45) is 0 Å². The zero-order valence-corrected chi connectivity index (χ0v) is 49.9. The summed E-state index contributed by atoms with van der Waals surface area (Å²) >= 11 is 0. The molecule has 0 rings (SSSR count). The highest BCUT2D eigenvalue weighted by Crippen LogP contribution is 2.45. The van der Waals surface area contributed by atoms with Crippen LogP contribution < -0.4 is 0 Å². The molecule has 4 N–H and O–H groups in total. The molecule has 0 aliphatic heterocycles. The molecule has 0 saturated heterocycles. The van der Waals surface area contributed by atoms with Gasteiger partial charge in [0, 0.05) is 19.3 Å². The Hall–Kier alpha value is -2.49. The monoisotopic (exact) mass is 1130 g/mol. The lowest BCUT2D eigenvalue weighted by molar-refractivity contribution is -0.161. The molecule has 450 valence electrons. The molecule has 0 fully saturated rings. The Balaban J connectivity index is 4.67. The molecular weight excluding hydrogens is 1030 g/mol. The first-order valence-corrected chi connectivity index (χ1v) is 32.9. The molecule has 0 aromatic heterocycles. The van der Waals surface area contributed by atoms with Gasteiger partial charge in [-0.2, -0.15) is 0 Å². The molecule has 0 radical (unpaired) electrons. The standard InChI is InChI=1S/C59H108O16P2/c1-4-7-10-13-16-19-22-24-26-28-31-33-36-39-42-45-57(62)69-48-54(60)49-71-76(65,66)72-50-55(61)51-73-77(67,68)74-53-56(75-59(64)47-44-41-38-35-30-21-18-15-12-9-6-3)52-70-58(63)46-43-40-37-34-32-29-27-25-23-20-17-14-11-8-5-2/h16-17,19-20,24-27,54-56,60-61H,4-15,18,21-23,28-53H2,1-3H3,(H,65,66)(H,67,68)/b19-16-,20-17-,26-24-,27-25-. The number of unbranched alkanes of at least 4 members (excludes halogenated alkanes) is 26. The van der Waals surface area contributed by atoms with Crippen LogP contribution in [0, 0.1) is 0 Å². The van der Waals surface area contributed by atoms with E-state index in [0.29, 0.717) is 19.3 Å². The number of hydrogen-bond acceptors (Lipinski definition) is 14. The maximum atomic E-state index is 12.8. The van der Waals surface area contributed by atoms with E-state index in [9.17, 15) is 43.5 Å². The van der Waals surface area contributed by atoms with E-state index in [0.717, 1.165) is 116 Å². The number of esters is 3. The van der Waals surface area contributed by atoms with Gasteiger partial charge in [0.1, 0.15) is 25.4 Å². The van der Waals surface area contributed by atoms with E-state index in [1.54, 1.807) is 0 Å². The number of hydrogen-bond donors (Lipinski definition) is 4. The largest absolute Gasteiger partial charge is 0.472 e. The van der Waals surface area contributed by atoms with E-state index < -0.39 is 91.5 Å². The summed E-state index contributed by atoms with van der Waals surface area (Å²) in [4.78, 5) is 58.0. The summed E-state index contributed by atoms with van der Waals surface area (Å²) in [6.45, 7) is 2.56. The van der Waals surface area contributed by atoms with E-state index in [2.05, 4.69) is 69.4 Å². The first-order chi connectivity index (χ1) is 37.2. The number of phosphoric acid groups is 2. The van der Waals surface area contributed by atoms with E-state index in [4.69, 9.17) is 32.3 Å². The van der Waals surface area contributed by atoms with Crippen molar-refractivity contribution in [2.45, 2.75) is 270 Å². The summed E-state index contributed by atoms with van der Waals surface area (Å²) in [6, 6.07) is 0. The summed E-state index contributed by atoms with van der Waals surface area (Å²) in [6.07, 6.45) is 49.0. The van der Waals surface area contributed by atoms with Crippen LogP contribution >= 0.6 is 15.6 Å². The van der Waals surface area contributed by atoms with Gasteiger partial charge in [0.05, 0.1) is 26.4 Å². The summed E-state index contributed by atoms with van der Waals surface area (Å²) in [5.74, 6) is -1.60. The highest BCUT2D eigenvalue weighted by Gasteiger charge is 2.29. The Bertz CT molecular complexity index is 1620. The van der Waals surface area contributed by atoms with Crippen LogP contribution in [0.5, 0.6) is 0 Å². The Morgan fingerprint density at radius 2 is 0.649 bits per heavy atom. The maximum absolute atomic E-state index is 12.8. The predicted molar refractivity (Wildman–Crippen MR) is 307 cm³/mol. The summed E-state index contributed by atoms with van der Waals surface area (Å²) in [5.41, 5.74) is 0. The molecule has 0 bridgehead atoms. The van der Waals surface area contributed by atoms with Gasteiger partial charge < -0.3 is 34.2 Å². The Kier molecular flexibility index (Phi) is 52.4. The predicted octanol–water partition coefficient (Wildman–Crippen LogP) is 15.3. The minimum absolute atomic E-state index is 0.106. The summed E-state index contributed by atoms with van der Waals surface area (Å²) < 4.78 is 60.5. The molecule has 0 aliphatic rings. The third-order valence-corrected chi connectivity index (χ3v) is 14.4. The zero-order valence-electron chi connectivity index (χ0n) is 48.1. The Morgan fingerprint density at radius 3 is 1.04 bits per heavy atom. The molecule has 0 heterocycles. The SMILES string of the molecule is CCCCC/C=C\C/C=C\CCCCCCCC(=O)OCC(O)COP(=O)(O)OCC(O)COP(=O)(O)OCC(COC(=O)CCCCCCC/C=C\C/C=C\CCCCC)OC(=O)CCCCCCCCCCCCC. The van der Waals surface area contributed by atoms with Crippen LogP contribution in [0.15, 0.2) is 48.6 Å². The van der Waals surface area contributed by atoms with Crippen molar-refractivity contribution in [2.75, 3.05) is 39.6 Å². The van der Waals surface area contributed by atoms with Crippen LogP contribution in [-0.2, 0) is 55.8 Å². The van der Waals surface area contributed by atoms with Crippen molar-refractivity contribution < 1.29 is 75.8 Å². The zero-order chi connectivity index (χ0) is 56.8. The number of phosphoric ester groups is 2. The van der Waals surface area contributed by atoms with Gasteiger partial charge in [0.25, 0.3) is 0 Å². The quantitative estimate of drug-likeness (QED) is 0.0146. The van der Waals surface area contributed by atoms with E-state index in [1.165, 1.54) is 77.0 Å². The van der Waals surface area contributed by atoms with Crippen molar-refractivity contribution in [1.29, 1.82) is 0 Å². The van der Waals surface area contributed by atoms with Gasteiger partial charge in [0.15, 0.2) is 6.10 Å². The van der Waals surface area contributed by atoms with E-state index in [1.807, 2.05) is 0 Å². The van der Waals surface area contributed by atoms with Crippen molar-refractivity contribution in [3.8, 4) is 0 Å². The number of carbonyl (C=O) groups is 3. The Morgan fingerprint density at radius 1 is 0.364 bits per heavy atom. The summed E-state index contributed by atoms with van der Waals surface area (Å²) in [7, 11) is -9.75. The van der Waals surface area contributed by atoms with Crippen LogP contribution in [-0.4, -0.2) is 95.9 Å². The minimum Gasteiger partial charge on any atom is -0.463 e. The van der Waals surface area contributed by atoms with E-state index >= 15 is 0 Å². The van der Waals surface area contributed by atoms with Gasteiger partial charge in [-0.1, -0.05) is 198 Å². The number of allylic oxidation sites excluding steroid dienone is 8. The fraction of sp³-hybridized carbons (Fsp3) is 0.814. The average Bonchev–Trinajstić information content (AvgIpc) is 3.40. The fourth-order valence-electron chi connectivity index (χ4n) is 7.86. The number of ether oxygens (including phenoxy) is 3. The second-order valence-corrected chi connectivity index (χ2v) is 23.1. The normalized spacial score (nSPS) is 14.8. The smallest absolute Gasteiger partial charge is 0.463 e. The second kappa shape index (κ2) is 54.1. The van der Waals surface area contributed by atoms with Crippen molar-refractivity contribution >= 4 is 33.6 Å². The third-order valence-electron chi connectivity index (χ3n) is 12.5. The number of rotatable bonds is 57. The van der Waals surface area contributed by atoms with Crippen LogP contribution in [0.3, 0.4) is 0 Å². The molecule has 0 spiro atoms. The molecule has 5 unspecified atom stereocenters. The van der Waals surface area contributed by atoms with Crippen molar-refractivity contribution in [3.63, 3.8) is 0 Å². The van der Waals surface area contributed by atoms with Gasteiger partial charge in [-0.3, -0.25) is 32.5 Å². The van der Waals surface area contributed by atoms with Gasteiger partial charge in [-0.25, -0.2) is 9.13 Å². The topological polar surface area (TPSA) is 231 Å². The lowest BCUT2D eigenvalue weighted by atomic mass is 10.1. The minimum atomic E-state index is -4.91. The van der Waals surface area contributed by atoms with Gasteiger partial charge in [-0.05, 0) is 83.5 Å². The van der Waals surface area contributed by atoms with Crippen LogP contribution in [0.4, 0.5) is 0 Å². The highest BCUT2D eigenvalue weighted by molar-refractivity contribution is 7.47. The lowest BCUT2D eigenvalue weighted by Crippen LogP contribution is -2.30. The lowest BCUT2D eigenvalue weighted by Gasteiger charge is -2.21. The van der Waals surface area contributed by atoms with E-state index in [-0.39, 0.29) is 19.3 Å². The molecule has 18 heteroatoms. The van der Waals surface area contributed by atoms with Crippen LogP contribution in [0.25, 0.3) is 0 Å². The second-order valence-electron chi connectivity index (χ2n) is 20.2. The number of carbonyl (C=O) groups excluding carboxylic acids is 3. The molecule has 0 amide bonds. The van der Waals surface area contributed by atoms with Crippen molar-refractivity contribution in [3.05, 3.63) is 48.6 Å². The molecule has 77 heavy (non-hydrogen) atoms. The molecule has 0 aliphatic carbocycles. The highest BCUT2D eigenvalue weighted by atomic mass is 31.2. The molecule has 0 aromatic carbocycles. The maximum Gasteiger partial charge on any atom is 0.472 e. The molecule has 0 aromatic rings. The molecule has 0 saturated carbocycles. The first kappa shape index (κ1) is 74.5. The van der Waals surface area contributed by atoms with Gasteiger partial charge in [-0.15, -0.1) is 0 Å². The average molecular weight is 1140 g/mol. The third kappa shape index (κ3) is 55.2. The molecule has 16 nitrogen and oxygen atoms in total. The van der Waals surface area contributed by atoms with Crippen LogP contribution in [0.1, 0.15) is 252 Å². The van der Waals surface area contributed by atoms with Gasteiger partial charge in [0.2, 0.25) is 0 Å². The number of aliphatic hydroxyl groups excluding tert-OH is 2. The molecular formula is C59H108O16P2. The van der Waals surface area contributed by atoms with Gasteiger partial charge >= 0.3 is 33.6 Å². The van der Waals surface area contributed by atoms with Crippen LogP contribution in [0.2, 0.25) is 0 Å². The molecule has 5 atom stereocenters. The first-order valence-electron chi connectivity index (χ1n) is 29.9. The Labute approximate surface area is 466 Å². The number of aliphatic hydroxyl groups is 2. The fourth-order valence-corrected chi connectivity index (χ4v) is 9.45.